The Balaban J connectivity index is 0. The molecule has 0 aliphatic rings. The molecule has 4 rings (SSSR count). The first-order valence-corrected chi connectivity index (χ1v) is 13.2. The molecule has 0 radical (unpaired) electrons. The number of aromatic hydroxyl groups is 4. The normalized spacial score (nSPS) is 9.42. The van der Waals surface area contributed by atoms with Gasteiger partial charge in [0.25, 0.3) is 0 Å². The van der Waals surface area contributed by atoms with Crippen LogP contribution in [0.1, 0.15) is 0 Å². The van der Waals surface area contributed by atoms with Crippen molar-refractivity contribution in [2.45, 2.75) is 0 Å². The van der Waals surface area contributed by atoms with E-state index in [1.165, 1.54) is 0 Å². The van der Waals surface area contributed by atoms with Crippen molar-refractivity contribution < 1.29 is 58.9 Å². The molecule has 0 heterocycles. The van der Waals surface area contributed by atoms with E-state index in [1.54, 1.807) is 97.1 Å². The lowest BCUT2D eigenvalue weighted by atomic mass is 10.3. The molecule has 10 N–H and O–H groups in total. The van der Waals surface area contributed by atoms with Gasteiger partial charge in [-0.15, -0.1) is 0 Å². The van der Waals surface area contributed by atoms with Gasteiger partial charge in [0.15, 0.2) is 0 Å². The maximum Gasteiger partial charge on any atom is 0.466 e. The Morgan fingerprint density at radius 1 is 0.316 bits per heavy atom. The van der Waals surface area contributed by atoms with Crippen molar-refractivity contribution in [3.8, 4) is 23.0 Å². The highest BCUT2D eigenvalue weighted by Gasteiger charge is 2.00. The molecule has 38 heavy (non-hydrogen) atoms. The van der Waals surface area contributed by atoms with Crippen LogP contribution < -0.4 is 0 Å². The van der Waals surface area contributed by atoms with Crippen molar-refractivity contribution in [2.24, 2.45) is 0 Å². The summed E-state index contributed by atoms with van der Waals surface area (Å²) in [7, 11) is -9.28. The Morgan fingerprint density at radius 2 is 0.421 bits per heavy atom. The summed E-state index contributed by atoms with van der Waals surface area (Å²) in [4.78, 5) is 43.1. The summed E-state index contributed by atoms with van der Waals surface area (Å²) in [6.07, 6.45) is 0. The second-order valence-electron chi connectivity index (χ2n) is 6.37. The molecule has 0 bridgehead atoms. The lowest BCUT2D eigenvalue weighted by molar-refractivity contribution is 0.272. The molecule has 0 aliphatic carbocycles. The highest BCUT2D eigenvalue weighted by atomic mass is 31.2. The number of phosphoric acid groups is 2. The Morgan fingerprint density at radius 3 is 0.474 bits per heavy atom. The monoisotopic (exact) mass is 572 g/mol. The average Bonchev–Trinajstić information content (AvgIpc) is 2.80. The Hall–Kier alpha value is -3.70. The van der Waals surface area contributed by atoms with E-state index in [0.717, 1.165) is 0 Å². The molecule has 0 aromatic heterocycles. The van der Waals surface area contributed by atoms with Crippen LogP contribution in [0.3, 0.4) is 0 Å². The topological polar surface area (TPSA) is 236 Å². The Bertz CT molecular complexity index is 968. The third kappa shape index (κ3) is 39.5. The second kappa shape index (κ2) is 21.4. The fourth-order valence-electron chi connectivity index (χ4n) is 1.71. The van der Waals surface area contributed by atoms with Gasteiger partial charge in [0, 0.05) is 0 Å². The van der Waals surface area contributed by atoms with Crippen molar-refractivity contribution in [3.63, 3.8) is 0 Å². The Labute approximate surface area is 219 Å². The van der Waals surface area contributed by atoms with Crippen molar-refractivity contribution in [1.29, 1.82) is 0 Å². The standard InChI is InChI=1S/4C6H6O.2H3O4P/c4*7-6-4-2-1-3-5-6;2*1-5(2,3)4/h4*1-5,7H;2*(H3,1,2,3,4). The van der Waals surface area contributed by atoms with E-state index in [-0.39, 0.29) is 0 Å². The minimum absolute atomic E-state index is 0.322. The molecular weight excluding hydrogens is 542 g/mol. The molecule has 4 aromatic rings. The van der Waals surface area contributed by atoms with Crippen molar-refractivity contribution in [3.05, 3.63) is 121 Å². The molecule has 0 saturated heterocycles. The third-order valence-electron chi connectivity index (χ3n) is 3.02. The van der Waals surface area contributed by atoms with Gasteiger partial charge in [0.1, 0.15) is 23.0 Å². The number of phenols is 4. The fraction of sp³-hybridized carbons (Fsp3) is 0. The summed E-state index contributed by atoms with van der Waals surface area (Å²) in [5, 5.41) is 34.5. The minimum Gasteiger partial charge on any atom is -0.508 e. The van der Waals surface area contributed by atoms with E-state index in [9.17, 15) is 0 Å². The van der Waals surface area contributed by atoms with Gasteiger partial charge in [0.05, 0.1) is 0 Å². The molecule has 0 unspecified atom stereocenters. The summed E-state index contributed by atoms with van der Waals surface area (Å²) >= 11 is 0. The average molecular weight is 572 g/mol. The molecule has 0 aliphatic heterocycles. The molecule has 0 fully saturated rings. The van der Waals surface area contributed by atoms with Crippen LogP contribution in [0.4, 0.5) is 0 Å². The summed E-state index contributed by atoms with van der Waals surface area (Å²) in [5.41, 5.74) is 0. The summed E-state index contributed by atoms with van der Waals surface area (Å²) in [6.45, 7) is 0. The van der Waals surface area contributed by atoms with E-state index in [4.69, 9.17) is 58.9 Å². The van der Waals surface area contributed by atoms with Crippen LogP contribution in [-0.2, 0) is 9.13 Å². The number of phenolic OH excluding ortho intramolecular Hbond substituents is 4. The second-order valence-corrected chi connectivity index (χ2v) is 8.42. The zero-order chi connectivity index (χ0) is 29.5. The molecule has 208 valence electrons. The van der Waals surface area contributed by atoms with Gasteiger partial charge < -0.3 is 49.8 Å². The largest absolute Gasteiger partial charge is 0.508 e. The van der Waals surface area contributed by atoms with Gasteiger partial charge in [-0.25, -0.2) is 9.13 Å². The molecule has 0 saturated carbocycles. The number of hydrogen-bond donors (Lipinski definition) is 10. The van der Waals surface area contributed by atoms with Crippen LogP contribution >= 0.6 is 15.6 Å². The molecule has 0 atom stereocenters. The van der Waals surface area contributed by atoms with Crippen LogP contribution in [0.2, 0.25) is 0 Å². The van der Waals surface area contributed by atoms with E-state index >= 15 is 0 Å². The van der Waals surface area contributed by atoms with Gasteiger partial charge in [-0.3, -0.25) is 0 Å². The van der Waals surface area contributed by atoms with Crippen LogP contribution in [0.5, 0.6) is 23.0 Å². The van der Waals surface area contributed by atoms with Crippen molar-refractivity contribution in [1.82, 2.24) is 0 Å². The highest BCUT2D eigenvalue weighted by molar-refractivity contribution is 7.45. The first-order chi connectivity index (χ1) is 17.6. The zero-order valence-electron chi connectivity index (χ0n) is 19.7. The van der Waals surface area contributed by atoms with E-state index in [0.29, 0.717) is 23.0 Å². The van der Waals surface area contributed by atoms with Crippen LogP contribution in [0.15, 0.2) is 121 Å². The SMILES string of the molecule is O=P(O)(O)O.O=P(O)(O)O.Oc1ccccc1.Oc1ccccc1.Oc1ccccc1.Oc1ccccc1. The van der Waals surface area contributed by atoms with Crippen LogP contribution in [-0.4, -0.2) is 49.8 Å². The first-order valence-electron chi connectivity index (χ1n) is 10.1. The molecule has 0 spiro atoms. The zero-order valence-corrected chi connectivity index (χ0v) is 21.5. The van der Waals surface area contributed by atoms with Gasteiger partial charge in [-0.2, -0.15) is 0 Å². The quantitative estimate of drug-likeness (QED) is 0.136. The van der Waals surface area contributed by atoms with E-state index in [2.05, 4.69) is 0 Å². The van der Waals surface area contributed by atoms with Gasteiger partial charge in [0.2, 0.25) is 0 Å². The number of para-hydroxylation sites is 4. The third-order valence-corrected chi connectivity index (χ3v) is 3.02. The fourth-order valence-corrected chi connectivity index (χ4v) is 1.71. The van der Waals surface area contributed by atoms with E-state index in [1.807, 2.05) is 24.3 Å². The van der Waals surface area contributed by atoms with Crippen LogP contribution in [0.25, 0.3) is 0 Å². The molecule has 4 aromatic carbocycles. The minimum atomic E-state index is -4.64. The molecule has 14 heteroatoms. The van der Waals surface area contributed by atoms with Gasteiger partial charge in [-0.1, -0.05) is 72.8 Å². The van der Waals surface area contributed by atoms with Gasteiger partial charge >= 0.3 is 15.6 Å². The van der Waals surface area contributed by atoms with Crippen molar-refractivity contribution in [2.75, 3.05) is 0 Å². The summed E-state index contributed by atoms with van der Waals surface area (Å²) in [5.74, 6) is 1.29. The summed E-state index contributed by atoms with van der Waals surface area (Å²) in [6, 6.07) is 34.9. The van der Waals surface area contributed by atoms with E-state index < -0.39 is 15.6 Å². The lowest BCUT2D eigenvalue weighted by Crippen LogP contribution is -1.66. The predicted molar refractivity (Wildman–Crippen MR) is 141 cm³/mol. The molecule has 12 nitrogen and oxygen atoms in total. The van der Waals surface area contributed by atoms with Crippen LogP contribution in [0, 0.1) is 0 Å². The highest BCUT2D eigenvalue weighted by Crippen LogP contribution is 2.26. The predicted octanol–water partition coefficient (Wildman–Crippen LogP) is 3.71. The molecule has 0 amide bonds. The first kappa shape index (κ1) is 36.5. The summed E-state index contributed by atoms with van der Waals surface area (Å²) < 4.78 is 17.8. The molecular formula is C24H30O12P2. The number of hydrogen-bond acceptors (Lipinski definition) is 6. The number of benzene rings is 4. The van der Waals surface area contributed by atoms with Gasteiger partial charge in [-0.05, 0) is 48.5 Å². The van der Waals surface area contributed by atoms with Crippen molar-refractivity contribution >= 4 is 15.6 Å². The maximum absolute atomic E-state index is 8.88. The Kier molecular flexibility index (Phi) is 20.5. The smallest absolute Gasteiger partial charge is 0.466 e. The lowest BCUT2D eigenvalue weighted by Gasteiger charge is -1.82. The number of rotatable bonds is 0. The maximum atomic E-state index is 8.88.